The zero-order chi connectivity index (χ0) is 10.6. The van der Waals surface area contributed by atoms with Gasteiger partial charge in [0.15, 0.2) is 0 Å². The lowest BCUT2D eigenvalue weighted by atomic mass is 10.0. The van der Waals surface area contributed by atoms with Crippen LogP contribution < -0.4 is 5.73 Å². The summed E-state index contributed by atoms with van der Waals surface area (Å²) in [5.74, 6) is 0.252. The molecule has 0 aliphatic carbocycles. The average Bonchev–Trinajstić information content (AvgIpc) is 2.19. The summed E-state index contributed by atoms with van der Waals surface area (Å²) in [4.78, 5) is 0. The van der Waals surface area contributed by atoms with Crippen LogP contribution in [0.25, 0.3) is 0 Å². The highest BCUT2D eigenvalue weighted by Gasteiger charge is 2.05. The Kier molecular flexibility index (Phi) is 3.77. The van der Waals surface area contributed by atoms with Gasteiger partial charge in [0, 0.05) is 5.69 Å². The number of nitrogens with two attached hydrogens (primary N) is 1. The molecule has 0 heterocycles. The Labute approximate surface area is 84.2 Å². The Morgan fingerprint density at radius 1 is 1.43 bits per heavy atom. The maximum atomic E-state index is 9.48. The molecule has 1 aromatic rings. The summed E-state index contributed by atoms with van der Waals surface area (Å²) >= 11 is 0. The SMILES string of the molecule is CCC(O)CCc1cc(N)ccc1O. The van der Waals surface area contributed by atoms with Crippen molar-refractivity contribution in [2.75, 3.05) is 5.73 Å². The third-order valence-corrected chi connectivity index (χ3v) is 2.32. The van der Waals surface area contributed by atoms with Crippen LogP contribution in [0.5, 0.6) is 5.75 Å². The van der Waals surface area contributed by atoms with Crippen molar-refractivity contribution in [3.63, 3.8) is 0 Å². The van der Waals surface area contributed by atoms with Gasteiger partial charge in [-0.3, -0.25) is 0 Å². The van der Waals surface area contributed by atoms with Crippen molar-refractivity contribution in [2.24, 2.45) is 0 Å². The van der Waals surface area contributed by atoms with Gasteiger partial charge in [-0.2, -0.15) is 0 Å². The highest BCUT2D eigenvalue weighted by atomic mass is 16.3. The first kappa shape index (κ1) is 10.9. The van der Waals surface area contributed by atoms with E-state index >= 15 is 0 Å². The minimum atomic E-state index is -0.296. The molecule has 0 aliphatic heterocycles. The van der Waals surface area contributed by atoms with Crippen LogP contribution in [0.15, 0.2) is 18.2 Å². The first-order valence-electron chi connectivity index (χ1n) is 4.89. The molecule has 1 rings (SSSR count). The maximum Gasteiger partial charge on any atom is 0.118 e. The van der Waals surface area contributed by atoms with Crippen molar-refractivity contribution < 1.29 is 10.2 Å². The van der Waals surface area contributed by atoms with Gasteiger partial charge >= 0.3 is 0 Å². The van der Waals surface area contributed by atoms with Crippen molar-refractivity contribution in [3.8, 4) is 5.75 Å². The molecule has 0 aliphatic rings. The number of hydrogen-bond acceptors (Lipinski definition) is 3. The molecular weight excluding hydrogens is 178 g/mol. The molecule has 3 nitrogen and oxygen atoms in total. The van der Waals surface area contributed by atoms with E-state index in [4.69, 9.17) is 5.73 Å². The van der Waals surface area contributed by atoms with Gasteiger partial charge in [-0.05, 0) is 43.0 Å². The van der Waals surface area contributed by atoms with E-state index in [1.807, 2.05) is 6.92 Å². The van der Waals surface area contributed by atoms with Gasteiger partial charge in [0.05, 0.1) is 6.10 Å². The molecule has 0 amide bonds. The normalized spacial score (nSPS) is 12.7. The van der Waals surface area contributed by atoms with Gasteiger partial charge in [0.25, 0.3) is 0 Å². The summed E-state index contributed by atoms with van der Waals surface area (Å²) in [5, 5.41) is 18.8. The lowest BCUT2D eigenvalue weighted by Gasteiger charge is -2.09. The molecule has 1 atom stereocenters. The second-order valence-electron chi connectivity index (χ2n) is 3.49. The van der Waals surface area contributed by atoms with Gasteiger partial charge in [0.1, 0.15) is 5.75 Å². The Balaban J connectivity index is 2.62. The number of hydrogen-bond donors (Lipinski definition) is 3. The number of phenolic OH excluding ortho intramolecular Hbond substituents is 1. The number of phenols is 1. The zero-order valence-electron chi connectivity index (χ0n) is 8.40. The second-order valence-corrected chi connectivity index (χ2v) is 3.49. The molecule has 0 saturated heterocycles. The summed E-state index contributed by atoms with van der Waals surface area (Å²) in [6.45, 7) is 1.93. The minimum Gasteiger partial charge on any atom is -0.508 e. The third kappa shape index (κ3) is 2.92. The van der Waals surface area contributed by atoms with Crippen molar-refractivity contribution in [1.82, 2.24) is 0 Å². The Morgan fingerprint density at radius 3 is 2.79 bits per heavy atom. The average molecular weight is 195 g/mol. The number of rotatable bonds is 4. The first-order chi connectivity index (χ1) is 6.63. The highest BCUT2D eigenvalue weighted by molar-refractivity contribution is 5.47. The van der Waals surface area contributed by atoms with E-state index in [2.05, 4.69) is 0 Å². The summed E-state index contributed by atoms with van der Waals surface area (Å²) in [5.41, 5.74) is 7.04. The smallest absolute Gasteiger partial charge is 0.118 e. The van der Waals surface area contributed by atoms with E-state index in [9.17, 15) is 10.2 Å². The van der Waals surface area contributed by atoms with Crippen LogP contribution >= 0.6 is 0 Å². The molecule has 78 valence electrons. The van der Waals surface area contributed by atoms with Crippen LogP contribution in [0.2, 0.25) is 0 Å². The molecule has 0 spiro atoms. The molecule has 0 aromatic heterocycles. The van der Waals surface area contributed by atoms with Crippen molar-refractivity contribution in [1.29, 1.82) is 0 Å². The summed E-state index contributed by atoms with van der Waals surface area (Å²) in [6.07, 6.45) is 1.76. The van der Waals surface area contributed by atoms with Crippen molar-refractivity contribution in [2.45, 2.75) is 32.3 Å². The first-order valence-corrected chi connectivity index (χ1v) is 4.89. The van der Waals surface area contributed by atoms with Gasteiger partial charge < -0.3 is 15.9 Å². The van der Waals surface area contributed by atoms with Crippen molar-refractivity contribution >= 4 is 5.69 Å². The van der Waals surface area contributed by atoms with Crippen LogP contribution in [-0.4, -0.2) is 16.3 Å². The molecule has 3 heteroatoms. The fourth-order valence-corrected chi connectivity index (χ4v) is 1.33. The number of nitrogen functional groups attached to an aromatic ring is 1. The van der Waals surface area contributed by atoms with Crippen LogP contribution in [-0.2, 0) is 6.42 Å². The predicted molar refractivity (Wildman–Crippen MR) is 57.1 cm³/mol. The lowest BCUT2D eigenvalue weighted by Crippen LogP contribution is -2.05. The molecule has 4 N–H and O–H groups in total. The monoisotopic (exact) mass is 195 g/mol. The zero-order valence-corrected chi connectivity index (χ0v) is 8.40. The third-order valence-electron chi connectivity index (χ3n) is 2.32. The van der Waals surface area contributed by atoms with E-state index in [1.165, 1.54) is 0 Å². The van der Waals surface area contributed by atoms with Crippen LogP contribution in [0.4, 0.5) is 5.69 Å². The molecule has 1 aromatic carbocycles. The fourth-order valence-electron chi connectivity index (χ4n) is 1.33. The largest absolute Gasteiger partial charge is 0.508 e. The summed E-state index contributed by atoms with van der Waals surface area (Å²) in [7, 11) is 0. The number of aliphatic hydroxyl groups excluding tert-OH is 1. The fraction of sp³-hybridized carbons (Fsp3) is 0.455. The molecular formula is C11H17NO2. The van der Waals surface area contributed by atoms with E-state index < -0.39 is 0 Å². The lowest BCUT2D eigenvalue weighted by molar-refractivity contribution is 0.160. The number of aliphatic hydroxyl groups is 1. The molecule has 0 radical (unpaired) electrons. The number of aryl methyl sites for hydroxylation is 1. The van der Waals surface area contributed by atoms with Gasteiger partial charge in [0.2, 0.25) is 0 Å². The number of benzene rings is 1. The predicted octanol–water partition coefficient (Wildman–Crippen LogP) is 1.68. The van der Waals surface area contributed by atoms with Crippen LogP contribution in [0, 0.1) is 0 Å². The van der Waals surface area contributed by atoms with Crippen LogP contribution in [0.1, 0.15) is 25.3 Å². The Morgan fingerprint density at radius 2 is 2.14 bits per heavy atom. The van der Waals surface area contributed by atoms with E-state index in [0.717, 1.165) is 12.0 Å². The number of aromatic hydroxyl groups is 1. The topological polar surface area (TPSA) is 66.5 Å². The summed E-state index contributed by atoms with van der Waals surface area (Å²) < 4.78 is 0. The van der Waals surface area contributed by atoms with Crippen molar-refractivity contribution in [3.05, 3.63) is 23.8 Å². The van der Waals surface area contributed by atoms with Gasteiger partial charge in [-0.25, -0.2) is 0 Å². The van der Waals surface area contributed by atoms with E-state index in [0.29, 0.717) is 18.5 Å². The molecule has 0 saturated carbocycles. The summed E-state index contributed by atoms with van der Waals surface area (Å²) in [6, 6.07) is 5.00. The van der Waals surface area contributed by atoms with E-state index in [1.54, 1.807) is 18.2 Å². The minimum absolute atomic E-state index is 0.252. The quantitative estimate of drug-likeness (QED) is 0.506. The second kappa shape index (κ2) is 4.86. The van der Waals surface area contributed by atoms with E-state index in [-0.39, 0.29) is 11.9 Å². The van der Waals surface area contributed by atoms with Gasteiger partial charge in [-0.15, -0.1) is 0 Å². The highest BCUT2D eigenvalue weighted by Crippen LogP contribution is 2.21. The van der Waals surface area contributed by atoms with Crippen LogP contribution in [0.3, 0.4) is 0 Å². The van der Waals surface area contributed by atoms with Gasteiger partial charge in [-0.1, -0.05) is 6.92 Å². The maximum absolute atomic E-state index is 9.48. The molecule has 0 fully saturated rings. The Hall–Kier alpha value is -1.22. The molecule has 0 bridgehead atoms. The standard InChI is InChI=1S/C11H17NO2/c1-2-10(13)5-3-8-7-9(12)4-6-11(8)14/h4,6-7,10,13-14H,2-3,5,12H2,1H3. The molecule has 1 unspecified atom stereocenters. The Bertz CT molecular complexity index is 299. The molecule has 14 heavy (non-hydrogen) atoms. The number of anilines is 1.